The Morgan fingerprint density at radius 2 is 1.10 bits per heavy atom. The van der Waals surface area contributed by atoms with Gasteiger partial charge in [0.05, 0.1) is 37.0 Å². The van der Waals surface area contributed by atoms with Crippen molar-refractivity contribution in [2.75, 3.05) is 24.0 Å². The summed E-state index contributed by atoms with van der Waals surface area (Å²) < 4.78 is 10.3. The number of hydrogen-bond donors (Lipinski definition) is 0. The zero-order valence-corrected chi connectivity index (χ0v) is 17.5. The minimum Gasteiger partial charge on any atom is -0.452 e. The van der Waals surface area contributed by atoms with Crippen LogP contribution in [0.2, 0.25) is 0 Å². The summed E-state index contributed by atoms with van der Waals surface area (Å²) in [5.41, 5.74) is 4.58. The molecule has 0 saturated carbocycles. The normalized spacial score (nSPS) is 13.0. The molecule has 0 N–H and O–H groups in total. The number of fused-ring (bicyclic) bond motifs is 1. The summed E-state index contributed by atoms with van der Waals surface area (Å²) in [6, 6.07) is 24.4. The van der Waals surface area contributed by atoms with E-state index < -0.39 is 12.2 Å². The summed E-state index contributed by atoms with van der Waals surface area (Å²) in [6.45, 7) is 1.93. The molecule has 2 amide bonds. The van der Waals surface area contributed by atoms with Gasteiger partial charge in [0.1, 0.15) is 0 Å². The lowest BCUT2D eigenvalue weighted by Crippen LogP contribution is -2.41. The van der Waals surface area contributed by atoms with Gasteiger partial charge < -0.3 is 9.47 Å². The average molecular weight is 414 g/mol. The van der Waals surface area contributed by atoms with Crippen molar-refractivity contribution in [2.45, 2.75) is 6.92 Å². The van der Waals surface area contributed by atoms with Gasteiger partial charge in [-0.05, 0) is 24.6 Å². The second-order valence-corrected chi connectivity index (χ2v) is 7.03. The number of carbonyl (C=O) groups excluding carboxylic acids is 2. The van der Waals surface area contributed by atoms with Gasteiger partial charge in [0.15, 0.2) is 0 Å². The quantitative estimate of drug-likeness (QED) is 0.541. The van der Waals surface area contributed by atoms with E-state index in [1.807, 2.05) is 85.8 Å². The molecule has 0 aliphatic carbocycles. The number of methoxy groups -OCH3 is 2. The molecule has 1 aliphatic heterocycles. The van der Waals surface area contributed by atoms with Crippen LogP contribution in [0.1, 0.15) is 16.7 Å². The molecule has 0 bridgehead atoms. The monoisotopic (exact) mass is 414 g/mol. The first kappa shape index (κ1) is 20.2. The third kappa shape index (κ3) is 3.53. The fourth-order valence-corrected chi connectivity index (χ4v) is 3.74. The summed E-state index contributed by atoms with van der Waals surface area (Å²) in [4.78, 5) is 29.2. The number of carbonyl (C=O) groups is 2. The van der Waals surface area contributed by atoms with Gasteiger partial charge in [0.25, 0.3) is 0 Å². The molecule has 0 fully saturated rings. The predicted octanol–water partition coefficient (Wildman–Crippen LogP) is 5.68. The SMILES string of the molecule is COC(=O)N1C(c2ccccc2)=C(c2ccccc2)N(C(=O)OC)c2cc(C)ccc21. The number of benzene rings is 3. The van der Waals surface area contributed by atoms with E-state index in [0.29, 0.717) is 22.8 Å². The Morgan fingerprint density at radius 3 is 1.55 bits per heavy atom. The van der Waals surface area contributed by atoms with Gasteiger partial charge in [-0.15, -0.1) is 0 Å². The molecular formula is C25H22N2O4. The van der Waals surface area contributed by atoms with Gasteiger partial charge in [-0.2, -0.15) is 0 Å². The number of nitrogens with zero attached hydrogens (tertiary/aromatic N) is 2. The minimum atomic E-state index is -0.554. The van der Waals surface area contributed by atoms with E-state index in [9.17, 15) is 9.59 Å². The first-order valence-corrected chi connectivity index (χ1v) is 9.78. The molecule has 4 rings (SSSR count). The van der Waals surface area contributed by atoms with Crippen LogP contribution in [0.5, 0.6) is 0 Å². The minimum absolute atomic E-state index is 0.528. The van der Waals surface area contributed by atoms with Crippen LogP contribution in [0, 0.1) is 6.92 Å². The Labute approximate surface area is 180 Å². The van der Waals surface area contributed by atoms with E-state index in [1.165, 1.54) is 24.0 Å². The number of hydrogen-bond acceptors (Lipinski definition) is 4. The molecule has 0 radical (unpaired) electrons. The van der Waals surface area contributed by atoms with Crippen LogP contribution in [-0.4, -0.2) is 26.4 Å². The summed E-state index contributed by atoms with van der Waals surface area (Å²) in [7, 11) is 2.68. The molecule has 3 aromatic rings. The lowest BCUT2D eigenvalue weighted by atomic mass is 9.98. The number of ether oxygens (including phenoxy) is 2. The Hall–Kier alpha value is -4.06. The molecule has 31 heavy (non-hydrogen) atoms. The van der Waals surface area contributed by atoms with Crippen molar-refractivity contribution in [3.8, 4) is 0 Å². The average Bonchev–Trinajstić information content (AvgIpc) is 2.82. The molecule has 156 valence electrons. The molecule has 0 saturated heterocycles. The number of rotatable bonds is 2. The summed E-state index contributed by atoms with van der Waals surface area (Å²) in [5, 5.41) is 0. The second kappa shape index (κ2) is 8.36. The molecular weight excluding hydrogens is 392 g/mol. The molecule has 0 aromatic heterocycles. The second-order valence-electron chi connectivity index (χ2n) is 7.03. The van der Waals surface area contributed by atoms with Crippen LogP contribution in [-0.2, 0) is 9.47 Å². The van der Waals surface area contributed by atoms with Crippen LogP contribution in [0.25, 0.3) is 11.4 Å². The molecule has 0 unspecified atom stereocenters. The van der Waals surface area contributed by atoms with Gasteiger partial charge >= 0.3 is 12.2 Å². The zero-order chi connectivity index (χ0) is 22.0. The molecule has 1 aliphatic rings. The number of amides is 2. The standard InChI is InChI=1S/C25H22N2O4/c1-17-14-15-20-21(16-17)27(25(29)31-3)23(19-12-8-5-9-13-19)22(26(20)24(28)30-2)18-10-6-4-7-11-18/h4-16H,1-3H3. The highest BCUT2D eigenvalue weighted by Crippen LogP contribution is 2.47. The fraction of sp³-hybridized carbons (Fsp3) is 0.120. The zero-order valence-electron chi connectivity index (χ0n) is 17.5. The lowest BCUT2D eigenvalue weighted by molar-refractivity contribution is 0.179. The van der Waals surface area contributed by atoms with Crippen molar-refractivity contribution in [3.63, 3.8) is 0 Å². The van der Waals surface area contributed by atoms with E-state index in [-0.39, 0.29) is 0 Å². The maximum absolute atomic E-state index is 13.1. The Kier molecular flexibility index (Phi) is 5.45. The molecule has 1 heterocycles. The van der Waals surface area contributed by atoms with Gasteiger partial charge in [-0.3, -0.25) is 0 Å². The lowest BCUT2D eigenvalue weighted by Gasteiger charge is -2.39. The maximum Gasteiger partial charge on any atom is 0.418 e. The Bertz CT molecular complexity index is 1160. The highest BCUT2D eigenvalue weighted by atomic mass is 16.5. The van der Waals surface area contributed by atoms with Gasteiger partial charge in [0, 0.05) is 11.1 Å². The first-order valence-electron chi connectivity index (χ1n) is 9.78. The smallest absolute Gasteiger partial charge is 0.418 e. The molecule has 0 atom stereocenters. The highest BCUT2D eigenvalue weighted by molar-refractivity contribution is 6.22. The van der Waals surface area contributed by atoms with Crippen LogP contribution in [0.15, 0.2) is 78.9 Å². The fourth-order valence-electron chi connectivity index (χ4n) is 3.74. The van der Waals surface area contributed by atoms with Crippen molar-refractivity contribution in [3.05, 3.63) is 95.6 Å². The van der Waals surface area contributed by atoms with E-state index in [0.717, 1.165) is 16.7 Å². The van der Waals surface area contributed by atoms with Crippen LogP contribution in [0.4, 0.5) is 21.0 Å². The predicted molar refractivity (Wildman–Crippen MR) is 121 cm³/mol. The highest BCUT2D eigenvalue weighted by Gasteiger charge is 2.39. The first-order chi connectivity index (χ1) is 15.1. The van der Waals surface area contributed by atoms with Crippen LogP contribution >= 0.6 is 0 Å². The Morgan fingerprint density at radius 1 is 0.645 bits per heavy atom. The van der Waals surface area contributed by atoms with Crippen LogP contribution < -0.4 is 9.80 Å². The number of aryl methyl sites for hydroxylation is 1. The van der Waals surface area contributed by atoms with E-state index >= 15 is 0 Å². The van der Waals surface area contributed by atoms with Gasteiger partial charge in [-0.1, -0.05) is 66.7 Å². The largest absolute Gasteiger partial charge is 0.452 e. The van der Waals surface area contributed by atoms with Gasteiger partial charge in [-0.25, -0.2) is 19.4 Å². The van der Waals surface area contributed by atoms with Crippen molar-refractivity contribution in [1.29, 1.82) is 0 Å². The van der Waals surface area contributed by atoms with E-state index in [4.69, 9.17) is 9.47 Å². The maximum atomic E-state index is 13.1. The van der Waals surface area contributed by atoms with Crippen molar-refractivity contribution in [1.82, 2.24) is 0 Å². The van der Waals surface area contributed by atoms with Crippen molar-refractivity contribution >= 4 is 35.0 Å². The van der Waals surface area contributed by atoms with Crippen molar-refractivity contribution < 1.29 is 19.1 Å². The van der Waals surface area contributed by atoms with Crippen LogP contribution in [0.3, 0.4) is 0 Å². The van der Waals surface area contributed by atoms with Crippen molar-refractivity contribution in [2.24, 2.45) is 0 Å². The third-order valence-electron chi connectivity index (χ3n) is 5.09. The molecule has 6 nitrogen and oxygen atoms in total. The topological polar surface area (TPSA) is 59.1 Å². The molecule has 3 aromatic carbocycles. The summed E-state index contributed by atoms with van der Waals surface area (Å²) in [5.74, 6) is 0. The summed E-state index contributed by atoms with van der Waals surface area (Å²) in [6.07, 6.45) is -1.11. The molecule has 6 heteroatoms. The van der Waals surface area contributed by atoms with Gasteiger partial charge in [0.2, 0.25) is 0 Å². The molecule has 0 spiro atoms. The summed E-state index contributed by atoms with van der Waals surface area (Å²) >= 11 is 0. The van der Waals surface area contributed by atoms with E-state index in [1.54, 1.807) is 0 Å². The number of anilines is 2. The van der Waals surface area contributed by atoms with E-state index in [2.05, 4.69) is 0 Å². The third-order valence-corrected chi connectivity index (χ3v) is 5.09. The Balaban J connectivity index is 2.15.